The van der Waals surface area contributed by atoms with E-state index >= 15 is 0 Å². The second kappa shape index (κ2) is 12.8. The molecule has 36 heavy (non-hydrogen) atoms. The van der Waals surface area contributed by atoms with E-state index in [1.807, 2.05) is 38.1 Å². The van der Waals surface area contributed by atoms with Crippen LogP contribution in [-0.2, 0) is 19.1 Å². The Morgan fingerprint density at radius 1 is 1.08 bits per heavy atom. The van der Waals surface area contributed by atoms with Gasteiger partial charge >= 0.3 is 5.97 Å². The molecule has 3 amide bonds. The highest BCUT2D eigenvalue weighted by atomic mass is 127. The Labute approximate surface area is 226 Å². The Bertz CT molecular complexity index is 1200. The number of nitrogens with one attached hydrogen (secondary N) is 1. The molecule has 3 rings (SSSR count). The highest BCUT2D eigenvalue weighted by Gasteiger charge is 2.36. The number of imide groups is 1. The van der Waals surface area contributed by atoms with Gasteiger partial charge in [-0.05, 0) is 91.0 Å². The standard InChI is InChI=1S/C25H25IN2O7S/c1-4-33-19-11-16(12-20-24(31)28(25(32)36-20)13-22(30)34-5-2)10-18(26)23(19)35-14-21(29)27-17-8-6-15(3)7-9-17/h6-12H,4-5,13-14H2,1-3H3,(H,27,29)/b20-12+. The topological polar surface area (TPSA) is 111 Å². The van der Waals surface area contributed by atoms with E-state index in [4.69, 9.17) is 14.2 Å². The van der Waals surface area contributed by atoms with Crippen LogP contribution in [0, 0.1) is 10.5 Å². The molecule has 0 spiro atoms. The molecule has 0 saturated carbocycles. The number of aryl methyl sites for hydroxylation is 1. The number of carbonyl (C=O) groups is 4. The molecule has 11 heteroatoms. The summed E-state index contributed by atoms with van der Waals surface area (Å²) in [6.45, 7) is 5.27. The zero-order chi connectivity index (χ0) is 26.2. The number of ether oxygens (including phenoxy) is 3. The predicted molar refractivity (Wildman–Crippen MR) is 145 cm³/mol. The van der Waals surface area contributed by atoms with Crippen LogP contribution in [0.2, 0.25) is 0 Å². The summed E-state index contributed by atoms with van der Waals surface area (Å²) in [5.74, 6) is -0.758. The van der Waals surface area contributed by atoms with Gasteiger partial charge in [-0.2, -0.15) is 0 Å². The second-order valence-electron chi connectivity index (χ2n) is 7.54. The van der Waals surface area contributed by atoms with Crippen LogP contribution in [0.1, 0.15) is 25.0 Å². The summed E-state index contributed by atoms with van der Waals surface area (Å²) >= 11 is 2.80. The van der Waals surface area contributed by atoms with Gasteiger partial charge < -0.3 is 19.5 Å². The maximum Gasteiger partial charge on any atom is 0.326 e. The number of hydrogen-bond acceptors (Lipinski definition) is 8. The van der Waals surface area contributed by atoms with Crippen molar-refractivity contribution in [3.8, 4) is 11.5 Å². The summed E-state index contributed by atoms with van der Waals surface area (Å²) in [7, 11) is 0. The molecule has 0 bridgehead atoms. The Hall–Kier alpha value is -3.06. The first-order chi connectivity index (χ1) is 17.2. The molecule has 0 radical (unpaired) electrons. The van der Waals surface area contributed by atoms with Crippen molar-refractivity contribution >= 4 is 69.1 Å². The second-order valence-corrected chi connectivity index (χ2v) is 9.69. The quantitative estimate of drug-likeness (QED) is 0.232. The molecule has 9 nitrogen and oxygen atoms in total. The van der Waals surface area contributed by atoms with Crippen LogP contribution in [0.5, 0.6) is 11.5 Å². The average Bonchev–Trinajstić information content (AvgIpc) is 3.07. The van der Waals surface area contributed by atoms with E-state index < -0.39 is 23.7 Å². The third-order valence-corrected chi connectivity index (χ3v) is 6.49. The van der Waals surface area contributed by atoms with Gasteiger partial charge in [-0.25, -0.2) is 0 Å². The smallest absolute Gasteiger partial charge is 0.326 e. The van der Waals surface area contributed by atoms with Crippen molar-refractivity contribution < 1.29 is 33.4 Å². The van der Waals surface area contributed by atoms with Crippen molar-refractivity contribution in [3.05, 3.63) is 56.0 Å². The molecule has 1 aliphatic heterocycles. The van der Waals surface area contributed by atoms with Crippen LogP contribution in [-0.4, -0.2) is 54.3 Å². The summed E-state index contributed by atoms with van der Waals surface area (Å²) in [5, 5.41) is 2.23. The summed E-state index contributed by atoms with van der Waals surface area (Å²) < 4.78 is 17.0. The van der Waals surface area contributed by atoms with Crippen LogP contribution in [0.3, 0.4) is 0 Å². The fourth-order valence-electron chi connectivity index (χ4n) is 3.17. The number of amides is 3. The Morgan fingerprint density at radius 2 is 1.81 bits per heavy atom. The third kappa shape index (κ3) is 7.23. The number of hydrogen-bond donors (Lipinski definition) is 1. The third-order valence-electron chi connectivity index (χ3n) is 4.78. The highest BCUT2D eigenvalue weighted by molar-refractivity contribution is 14.1. The number of rotatable bonds is 10. The lowest BCUT2D eigenvalue weighted by atomic mass is 10.2. The van der Waals surface area contributed by atoms with Crippen molar-refractivity contribution in [2.24, 2.45) is 0 Å². The molecule has 1 N–H and O–H groups in total. The maximum atomic E-state index is 12.7. The molecule has 0 atom stereocenters. The molecule has 1 aliphatic rings. The van der Waals surface area contributed by atoms with Gasteiger partial charge in [-0.15, -0.1) is 0 Å². The molecule has 190 valence electrons. The highest BCUT2D eigenvalue weighted by Crippen LogP contribution is 2.37. The lowest BCUT2D eigenvalue weighted by molar-refractivity contribution is -0.146. The van der Waals surface area contributed by atoms with E-state index in [2.05, 4.69) is 27.9 Å². The van der Waals surface area contributed by atoms with Crippen molar-refractivity contribution in [3.63, 3.8) is 0 Å². The van der Waals surface area contributed by atoms with E-state index in [0.717, 1.165) is 22.2 Å². The summed E-state index contributed by atoms with van der Waals surface area (Å²) in [4.78, 5) is 50.0. The molecule has 1 heterocycles. The fourth-order valence-corrected chi connectivity index (χ4v) is 4.79. The minimum atomic E-state index is -0.651. The molecule has 2 aromatic rings. The molecule has 2 aromatic carbocycles. The van der Waals surface area contributed by atoms with E-state index in [1.54, 1.807) is 25.1 Å². The lowest BCUT2D eigenvalue weighted by Gasteiger charge is -2.15. The Kier molecular flexibility index (Phi) is 9.76. The normalized spacial score (nSPS) is 14.2. The van der Waals surface area contributed by atoms with Crippen molar-refractivity contribution in [1.82, 2.24) is 4.90 Å². The van der Waals surface area contributed by atoms with Crippen LogP contribution < -0.4 is 14.8 Å². The lowest BCUT2D eigenvalue weighted by Crippen LogP contribution is -2.34. The molecule has 1 fully saturated rings. The number of nitrogens with zero attached hydrogens (tertiary/aromatic N) is 1. The minimum Gasteiger partial charge on any atom is -0.490 e. The number of halogens is 1. The van der Waals surface area contributed by atoms with E-state index in [0.29, 0.717) is 32.9 Å². The monoisotopic (exact) mass is 624 g/mol. The summed E-state index contributed by atoms with van der Waals surface area (Å²) in [6.07, 6.45) is 1.55. The molecular weight excluding hydrogens is 599 g/mol. The van der Waals surface area contributed by atoms with Gasteiger partial charge in [0.1, 0.15) is 6.54 Å². The van der Waals surface area contributed by atoms with Gasteiger partial charge in [0, 0.05) is 5.69 Å². The molecule has 0 aliphatic carbocycles. The average molecular weight is 624 g/mol. The van der Waals surface area contributed by atoms with E-state index in [-0.39, 0.29) is 24.0 Å². The zero-order valence-corrected chi connectivity index (χ0v) is 22.9. The zero-order valence-electron chi connectivity index (χ0n) is 20.0. The number of anilines is 1. The minimum absolute atomic E-state index is 0.158. The van der Waals surface area contributed by atoms with Crippen molar-refractivity contribution in [1.29, 1.82) is 0 Å². The summed E-state index contributed by atoms with van der Waals surface area (Å²) in [5.41, 5.74) is 2.35. The van der Waals surface area contributed by atoms with Crippen LogP contribution in [0.4, 0.5) is 10.5 Å². The largest absolute Gasteiger partial charge is 0.490 e. The summed E-state index contributed by atoms with van der Waals surface area (Å²) in [6, 6.07) is 10.8. The molecule has 1 saturated heterocycles. The van der Waals surface area contributed by atoms with Gasteiger partial charge in [0.15, 0.2) is 18.1 Å². The van der Waals surface area contributed by atoms with Crippen molar-refractivity contribution in [2.45, 2.75) is 20.8 Å². The first kappa shape index (κ1) is 27.5. The molecule has 0 aromatic heterocycles. The first-order valence-corrected chi connectivity index (χ1v) is 13.0. The number of esters is 1. The fraction of sp³-hybridized carbons (Fsp3) is 0.280. The van der Waals surface area contributed by atoms with Gasteiger partial charge in [0.25, 0.3) is 17.1 Å². The van der Waals surface area contributed by atoms with Crippen LogP contribution in [0.15, 0.2) is 41.3 Å². The van der Waals surface area contributed by atoms with Gasteiger partial charge in [-0.1, -0.05) is 17.7 Å². The molecular formula is C25H25IN2O7S. The van der Waals surface area contributed by atoms with Crippen LogP contribution in [0.25, 0.3) is 6.08 Å². The van der Waals surface area contributed by atoms with Gasteiger partial charge in [0.2, 0.25) is 0 Å². The number of thioether (sulfide) groups is 1. The molecule has 0 unspecified atom stereocenters. The van der Waals surface area contributed by atoms with E-state index in [9.17, 15) is 19.2 Å². The Morgan fingerprint density at radius 3 is 2.47 bits per heavy atom. The van der Waals surface area contributed by atoms with Crippen molar-refractivity contribution in [2.75, 3.05) is 31.7 Å². The number of carbonyl (C=O) groups excluding carboxylic acids is 4. The predicted octanol–water partition coefficient (Wildman–Crippen LogP) is 4.62. The van der Waals surface area contributed by atoms with E-state index in [1.165, 1.54) is 0 Å². The van der Waals surface area contributed by atoms with Gasteiger partial charge in [-0.3, -0.25) is 24.1 Å². The SMILES string of the molecule is CCOC(=O)CN1C(=O)S/C(=C/c2cc(I)c(OCC(=O)Nc3ccc(C)cc3)c(OCC)c2)C1=O. The Balaban J connectivity index is 1.74. The van der Waals surface area contributed by atoms with Crippen LogP contribution >= 0.6 is 34.4 Å². The van der Waals surface area contributed by atoms with Gasteiger partial charge in [0.05, 0.1) is 21.7 Å². The number of benzene rings is 2. The maximum absolute atomic E-state index is 12.7. The first-order valence-electron chi connectivity index (χ1n) is 11.1.